The first-order valence-corrected chi connectivity index (χ1v) is 11.4. The van der Waals surface area contributed by atoms with Gasteiger partial charge in [-0.05, 0) is 57.9 Å². The average molecular weight is 427 g/mol. The Balaban J connectivity index is 1.83. The second-order valence-electron chi connectivity index (χ2n) is 7.16. The lowest BCUT2D eigenvalue weighted by Gasteiger charge is -2.30. The number of carbonyl (C=O) groups is 2. The Kier molecular flexibility index (Phi) is 8.45. The molecule has 0 spiro atoms. The zero-order valence-electron chi connectivity index (χ0n) is 17.2. The topological polar surface area (TPSA) is 102 Å². The lowest BCUT2D eigenvalue weighted by atomic mass is 9.97. The lowest BCUT2D eigenvalue weighted by molar-refractivity contribution is -0.147. The molecule has 0 saturated carbocycles. The first kappa shape index (κ1) is 23.2. The van der Waals surface area contributed by atoms with Crippen molar-refractivity contribution in [1.29, 1.82) is 0 Å². The van der Waals surface area contributed by atoms with E-state index in [0.717, 1.165) is 0 Å². The van der Waals surface area contributed by atoms with Gasteiger partial charge in [-0.3, -0.25) is 9.59 Å². The molecule has 0 bridgehead atoms. The summed E-state index contributed by atoms with van der Waals surface area (Å²) in [6.07, 6.45) is 0.825. The average Bonchev–Trinajstić information content (AvgIpc) is 2.68. The Morgan fingerprint density at radius 3 is 2.34 bits per heavy atom. The molecule has 1 aromatic carbocycles. The van der Waals surface area contributed by atoms with Crippen molar-refractivity contribution in [2.75, 3.05) is 26.2 Å². The highest BCUT2D eigenvalue weighted by Gasteiger charge is 2.32. The molecule has 29 heavy (non-hydrogen) atoms. The van der Waals surface area contributed by atoms with Gasteiger partial charge in [-0.15, -0.1) is 0 Å². The van der Waals surface area contributed by atoms with Crippen LogP contribution in [0.15, 0.2) is 29.2 Å². The third-order valence-electron chi connectivity index (χ3n) is 4.59. The van der Waals surface area contributed by atoms with Crippen molar-refractivity contribution < 1.29 is 27.5 Å². The summed E-state index contributed by atoms with van der Waals surface area (Å²) in [5.74, 6) is -0.140. The summed E-state index contributed by atoms with van der Waals surface area (Å²) in [6, 6.07) is 6.35. The maximum absolute atomic E-state index is 12.8. The predicted octanol–water partition coefficient (Wildman–Crippen LogP) is 1.94. The molecule has 2 rings (SSSR count). The molecule has 1 fully saturated rings. The van der Waals surface area contributed by atoms with Crippen LogP contribution in [-0.2, 0) is 24.3 Å². The Bertz CT molecular complexity index is 784. The standard InChI is InChI=1S/C20H30N2O6S/c1-4-27-17-5-7-18(8-6-17)29(25,26)22-13-10-16(11-14-22)20(24)21-12-9-19(23)28-15(2)3/h5-8,15-16H,4,9-14H2,1-3H3,(H,21,24). The minimum Gasteiger partial charge on any atom is -0.494 e. The fourth-order valence-electron chi connectivity index (χ4n) is 3.14. The number of hydrogen-bond acceptors (Lipinski definition) is 6. The van der Waals surface area contributed by atoms with Gasteiger partial charge in [-0.2, -0.15) is 4.31 Å². The Labute approximate surface area is 172 Å². The number of rotatable bonds is 9. The number of amides is 1. The maximum atomic E-state index is 12.8. The van der Waals surface area contributed by atoms with E-state index in [0.29, 0.717) is 25.2 Å². The van der Waals surface area contributed by atoms with Crippen LogP contribution in [-0.4, -0.2) is 56.9 Å². The molecule has 0 aliphatic carbocycles. The van der Waals surface area contributed by atoms with Crippen LogP contribution in [0.1, 0.15) is 40.0 Å². The Morgan fingerprint density at radius 2 is 1.79 bits per heavy atom. The largest absolute Gasteiger partial charge is 0.494 e. The summed E-state index contributed by atoms with van der Waals surface area (Å²) in [7, 11) is -3.60. The minimum absolute atomic E-state index is 0.120. The number of esters is 1. The smallest absolute Gasteiger partial charge is 0.307 e. The summed E-state index contributed by atoms with van der Waals surface area (Å²) in [6.45, 7) is 6.70. The van der Waals surface area contributed by atoms with Crippen LogP contribution in [0.3, 0.4) is 0 Å². The summed E-state index contributed by atoms with van der Waals surface area (Å²) in [5, 5.41) is 2.74. The molecule has 0 unspecified atom stereocenters. The maximum Gasteiger partial charge on any atom is 0.307 e. The van der Waals surface area contributed by atoms with Crippen molar-refractivity contribution in [1.82, 2.24) is 9.62 Å². The monoisotopic (exact) mass is 426 g/mol. The van der Waals surface area contributed by atoms with E-state index in [1.54, 1.807) is 26.0 Å². The van der Waals surface area contributed by atoms with Crippen molar-refractivity contribution in [2.24, 2.45) is 5.92 Å². The van der Waals surface area contributed by atoms with Gasteiger partial charge in [0, 0.05) is 25.6 Å². The van der Waals surface area contributed by atoms with E-state index in [-0.39, 0.29) is 54.8 Å². The van der Waals surface area contributed by atoms with Crippen LogP contribution in [0, 0.1) is 5.92 Å². The summed E-state index contributed by atoms with van der Waals surface area (Å²) in [4.78, 5) is 24.0. The molecule has 1 N–H and O–H groups in total. The summed E-state index contributed by atoms with van der Waals surface area (Å²) < 4.78 is 37.4. The van der Waals surface area contributed by atoms with E-state index >= 15 is 0 Å². The predicted molar refractivity (Wildman–Crippen MR) is 108 cm³/mol. The van der Waals surface area contributed by atoms with E-state index in [1.807, 2.05) is 6.92 Å². The number of piperidine rings is 1. The molecule has 1 saturated heterocycles. The number of carbonyl (C=O) groups excluding carboxylic acids is 2. The number of benzene rings is 1. The molecular formula is C20H30N2O6S. The van der Waals surface area contributed by atoms with E-state index in [4.69, 9.17) is 9.47 Å². The Hall–Kier alpha value is -2.13. The van der Waals surface area contributed by atoms with Crippen LogP contribution in [0.4, 0.5) is 0 Å². The SMILES string of the molecule is CCOc1ccc(S(=O)(=O)N2CCC(C(=O)NCCC(=O)OC(C)C)CC2)cc1. The van der Waals surface area contributed by atoms with E-state index in [2.05, 4.69) is 5.32 Å². The quantitative estimate of drug-likeness (QED) is 0.606. The van der Waals surface area contributed by atoms with Crippen LogP contribution < -0.4 is 10.1 Å². The minimum atomic E-state index is -3.60. The van der Waals surface area contributed by atoms with Crippen molar-refractivity contribution in [2.45, 2.75) is 51.0 Å². The number of ether oxygens (including phenoxy) is 2. The lowest BCUT2D eigenvalue weighted by Crippen LogP contribution is -2.43. The molecule has 0 aromatic heterocycles. The highest BCUT2D eigenvalue weighted by Crippen LogP contribution is 2.25. The van der Waals surface area contributed by atoms with E-state index < -0.39 is 10.0 Å². The molecule has 0 atom stereocenters. The molecule has 1 aliphatic rings. The third-order valence-corrected chi connectivity index (χ3v) is 6.51. The number of sulfonamides is 1. The van der Waals surface area contributed by atoms with Gasteiger partial charge < -0.3 is 14.8 Å². The molecule has 1 aliphatic heterocycles. The molecule has 162 valence electrons. The number of hydrogen-bond donors (Lipinski definition) is 1. The Morgan fingerprint density at radius 1 is 1.17 bits per heavy atom. The van der Waals surface area contributed by atoms with Gasteiger partial charge >= 0.3 is 5.97 Å². The second kappa shape index (κ2) is 10.6. The second-order valence-corrected chi connectivity index (χ2v) is 9.10. The zero-order valence-corrected chi connectivity index (χ0v) is 18.0. The molecular weight excluding hydrogens is 396 g/mol. The number of nitrogens with zero attached hydrogens (tertiary/aromatic N) is 1. The molecule has 1 amide bonds. The van der Waals surface area contributed by atoms with Crippen LogP contribution >= 0.6 is 0 Å². The van der Waals surface area contributed by atoms with Gasteiger partial charge in [0.15, 0.2) is 0 Å². The molecule has 1 heterocycles. The van der Waals surface area contributed by atoms with Gasteiger partial charge in [0.25, 0.3) is 0 Å². The summed E-state index contributed by atoms with van der Waals surface area (Å²) >= 11 is 0. The van der Waals surface area contributed by atoms with Gasteiger partial charge in [-0.1, -0.05) is 0 Å². The van der Waals surface area contributed by atoms with Crippen molar-refractivity contribution in [3.05, 3.63) is 24.3 Å². The fourth-order valence-corrected chi connectivity index (χ4v) is 4.61. The fraction of sp³-hybridized carbons (Fsp3) is 0.600. The van der Waals surface area contributed by atoms with Crippen molar-refractivity contribution in [3.63, 3.8) is 0 Å². The first-order chi connectivity index (χ1) is 13.7. The summed E-state index contributed by atoms with van der Waals surface area (Å²) in [5.41, 5.74) is 0. The van der Waals surface area contributed by atoms with E-state index in [1.165, 1.54) is 16.4 Å². The van der Waals surface area contributed by atoms with Gasteiger partial charge in [0.1, 0.15) is 5.75 Å². The van der Waals surface area contributed by atoms with E-state index in [9.17, 15) is 18.0 Å². The van der Waals surface area contributed by atoms with Crippen LogP contribution in [0.25, 0.3) is 0 Å². The third kappa shape index (κ3) is 6.71. The highest BCUT2D eigenvalue weighted by molar-refractivity contribution is 7.89. The zero-order chi connectivity index (χ0) is 21.4. The normalized spacial score (nSPS) is 15.9. The van der Waals surface area contributed by atoms with Crippen LogP contribution in [0.5, 0.6) is 5.75 Å². The molecule has 8 nitrogen and oxygen atoms in total. The number of nitrogens with one attached hydrogen (secondary N) is 1. The molecule has 1 aromatic rings. The van der Waals surface area contributed by atoms with Crippen LogP contribution in [0.2, 0.25) is 0 Å². The van der Waals surface area contributed by atoms with Crippen molar-refractivity contribution >= 4 is 21.9 Å². The van der Waals surface area contributed by atoms with Gasteiger partial charge in [0.05, 0.1) is 24.0 Å². The molecule has 9 heteroatoms. The van der Waals surface area contributed by atoms with Gasteiger partial charge in [-0.25, -0.2) is 8.42 Å². The van der Waals surface area contributed by atoms with Gasteiger partial charge in [0.2, 0.25) is 15.9 Å². The molecule has 0 radical (unpaired) electrons. The first-order valence-electron chi connectivity index (χ1n) is 9.94. The highest BCUT2D eigenvalue weighted by atomic mass is 32.2. The van der Waals surface area contributed by atoms with Crippen molar-refractivity contribution in [3.8, 4) is 5.75 Å².